The van der Waals surface area contributed by atoms with Gasteiger partial charge in [-0.15, -0.1) is 0 Å². The lowest BCUT2D eigenvalue weighted by atomic mass is 10.1. The number of anilines is 1. The molecule has 0 aromatic heterocycles. The van der Waals surface area contributed by atoms with Crippen LogP contribution >= 0.6 is 11.6 Å². The van der Waals surface area contributed by atoms with Crippen molar-refractivity contribution in [2.45, 2.75) is 26.3 Å². The van der Waals surface area contributed by atoms with Gasteiger partial charge in [0.25, 0.3) is 5.91 Å². The second kappa shape index (κ2) is 11.1. The maximum Gasteiger partial charge on any atom is 0.271 e. The Bertz CT molecular complexity index is 1230. The molecule has 0 spiro atoms. The van der Waals surface area contributed by atoms with Gasteiger partial charge in [-0.1, -0.05) is 60.1 Å². The fourth-order valence-electron chi connectivity index (χ4n) is 3.20. The summed E-state index contributed by atoms with van der Waals surface area (Å²) >= 11 is 6.20. The van der Waals surface area contributed by atoms with Crippen LogP contribution in [0.3, 0.4) is 0 Å². The first-order valence-electron chi connectivity index (χ1n) is 10.4. The monoisotopic (exact) mass is 483 g/mol. The normalized spacial score (nSPS) is 11.8. The smallest absolute Gasteiger partial charge is 0.267 e. The summed E-state index contributed by atoms with van der Waals surface area (Å²) in [5.41, 5.74) is 6.09. The van der Waals surface area contributed by atoms with E-state index in [2.05, 4.69) is 22.7 Å². The van der Waals surface area contributed by atoms with Gasteiger partial charge in [0.05, 0.1) is 18.5 Å². The van der Waals surface area contributed by atoms with Gasteiger partial charge in [-0.25, -0.2) is 13.8 Å². The number of carbonyl (C=O) groups excluding carboxylic acids is 1. The highest BCUT2D eigenvalue weighted by molar-refractivity contribution is 7.92. The number of carbonyl (C=O) groups is 1. The van der Waals surface area contributed by atoms with E-state index in [9.17, 15) is 13.2 Å². The maximum absolute atomic E-state index is 12.5. The molecule has 0 atom stereocenters. The van der Waals surface area contributed by atoms with E-state index in [-0.39, 0.29) is 12.5 Å². The van der Waals surface area contributed by atoms with Gasteiger partial charge >= 0.3 is 0 Å². The van der Waals surface area contributed by atoms with E-state index in [0.29, 0.717) is 21.8 Å². The van der Waals surface area contributed by atoms with Gasteiger partial charge in [-0.05, 0) is 61.2 Å². The molecule has 1 N–H and O–H groups in total. The standard InChI is InChI=1S/C25H26ClN3O3S/c1-19(12-13-20-8-4-3-5-9-20)27-28-25(30)21-14-16-23(17-15-21)29(33(2,31)32)18-22-10-6-7-11-24(22)26/h3-11,14-17H,12-13,18H2,1-2H3,(H,28,30)/b27-19-. The predicted molar refractivity (Wildman–Crippen MR) is 134 cm³/mol. The van der Waals surface area contributed by atoms with E-state index in [0.717, 1.165) is 24.8 Å². The molecule has 0 aliphatic rings. The van der Waals surface area contributed by atoms with E-state index in [4.69, 9.17) is 11.6 Å². The van der Waals surface area contributed by atoms with Crippen LogP contribution in [0.5, 0.6) is 0 Å². The Morgan fingerprint density at radius 1 is 0.970 bits per heavy atom. The zero-order valence-electron chi connectivity index (χ0n) is 18.5. The molecule has 3 aromatic carbocycles. The van der Waals surface area contributed by atoms with Crippen LogP contribution in [0.15, 0.2) is 84.0 Å². The highest BCUT2D eigenvalue weighted by Crippen LogP contribution is 2.24. The first-order chi connectivity index (χ1) is 15.7. The average Bonchev–Trinajstić information content (AvgIpc) is 2.80. The molecule has 33 heavy (non-hydrogen) atoms. The largest absolute Gasteiger partial charge is 0.271 e. The summed E-state index contributed by atoms with van der Waals surface area (Å²) in [6, 6.07) is 23.5. The summed E-state index contributed by atoms with van der Waals surface area (Å²) in [4.78, 5) is 12.5. The third-order valence-corrected chi connectivity index (χ3v) is 6.57. The number of amides is 1. The molecule has 172 valence electrons. The molecule has 3 aromatic rings. The molecule has 0 aliphatic heterocycles. The van der Waals surface area contributed by atoms with Crippen LogP contribution in [-0.4, -0.2) is 26.3 Å². The molecule has 1 amide bonds. The Morgan fingerprint density at radius 3 is 2.24 bits per heavy atom. The average molecular weight is 484 g/mol. The van der Waals surface area contributed by atoms with Crippen LogP contribution in [0, 0.1) is 0 Å². The lowest BCUT2D eigenvalue weighted by Gasteiger charge is -2.23. The van der Waals surface area contributed by atoms with E-state index in [1.54, 1.807) is 48.5 Å². The van der Waals surface area contributed by atoms with Crippen molar-refractivity contribution in [1.82, 2.24) is 5.43 Å². The van der Waals surface area contributed by atoms with Crippen molar-refractivity contribution in [2.75, 3.05) is 10.6 Å². The Labute approximate surface area is 200 Å². The fourth-order valence-corrected chi connectivity index (χ4v) is 4.27. The highest BCUT2D eigenvalue weighted by atomic mass is 35.5. The van der Waals surface area contributed by atoms with Crippen molar-refractivity contribution < 1.29 is 13.2 Å². The molecular weight excluding hydrogens is 458 g/mol. The van der Waals surface area contributed by atoms with Crippen LogP contribution < -0.4 is 9.73 Å². The molecule has 0 heterocycles. The summed E-state index contributed by atoms with van der Waals surface area (Å²) in [7, 11) is -3.56. The number of sulfonamides is 1. The molecule has 0 fully saturated rings. The lowest BCUT2D eigenvalue weighted by Crippen LogP contribution is -2.29. The Morgan fingerprint density at radius 2 is 1.61 bits per heavy atom. The van der Waals surface area contributed by atoms with Crippen LogP contribution in [0.4, 0.5) is 5.69 Å². The van der Waals surface area contributed by atoms with Gasteiger partial charge < -0.3 is 0 Å². The number of aryl methyl sites for hydroxylation is 1. The molecule has 0 aliphatic carbocycles. The topological polar surface area (TPSA) is 78.8 Å². The second-order valence-electron chi connectivity index (χ2n) is 7.68. The Balaban J connectivity index is 1.66. The number of halogens is 1. The first-order valence-corrected chi connectivity index (χ1v) is 12.7. The van der Waals surface area contributed by atoms with Gasteiger partial charge in [0.15, 0.2) is 0 Å². The highest BCUT2D eigenvalue weighted by Gasteiger charge is 2.19. The third kappa shape index (κ3) is 7.17. The fraction of sp³-hybridized carbons (Fsp3) is 0.200. The molecule has 3 rings (SSSR count). The number of nitrogens with zero attached hydrogens (tertiary/aromatic N) is 2. The molecule has 0 bridgehead atoms. The zero-order chi connectivity index (χ0) is 23.8. The summed E-state index contributed by atoms with van der Waals surface area (Å²) in [6.45, 7) is 1.96. The summed E-state index contributed by atoms with van der Waals surface area (Å²) < 4.78 is 26.0. The SMILES string of the molecule is C/C(CCc1ccccc1)=N/NC(=O)c1ccc(N(Cc2ccccc2Cl)S(C)(=O)=O)cc1. The van der Waals surface area contributed by atoms with Gasteiger partial charge in [-0.2, -0.15) is 5.10 Å². The van der Waals surface area contributed by atoms with Crippen molar-refractivity contribution in [3.8, 4) is 0 Å². The van der Waals surface area contributed by atoms with Crippen molar-refractivity contribution in [3.63, 3.8) is 0 Å². The number of benzene rings is 3. The number of hydrogen-bond acceptors (Lipinski definition) is 4. The molecule has 8 heteroatoms. The lowest BCUT2D eigenvalue weighted by molar-refractivity contribution is 0.0954. The molecule has 0 radical (unpaired) electrons. The van der Waals surface area contributed by atoms with E-state index >= 15 is 0 Å². The molecule has 6 nitrogen and oxygen atoms in total. The zero-order valence-corrected chi connectivity index (χ0v) is 20.1. The molecule has 0 saturated carbocycles. The second-order valence-corrected chi connectivity index (χ2v) is 10.00. The minimum atomic E-state index is -3.56. The van der Waals surface area contributed by atoms with Gasteiger partial charge in [0, 0.05) is 16.3 Å². The van der Waals surface area contributed by atoms with Crippen LogP contribution in [0.2, 0.25) is 5.02 Å². The van der Waals surface area contributed by atoms with E-state index in [1.165, 1.54) is 9.87 Å². The van der Waals surface area contributed by atoms with Gasteiger partial charge in [0.2, 0.25) is 10.0 Å². The summed E-state index contributed by atoms with van der Waals surface area (Å²) in [6.07, 6.45) is 2.71. The molecular formula is C25H26ClN3O3S. The maximum atomic E-state index is 12.5. The van der Waals surface area contributed by atoms with Crippen molar-refractivity contribution in [3.05, 3.63) is 101 Å². The van der Waals surface area contributed by atoms with E-state index < -0.39 is 10.0 Å². The Kier molecular flexibility index (Phi) is 8.25. The third-order valence-electron chi connectivity index (χ3n) is 5.06. The number of rotatable bonds is 9. The van der Waals surface area contributed by atoms with Crippen LogP contribution in [-0.2, 0) is 23.0 Å². The predicted octanol–water partition coefficient (Wildman–Crippen LogP) is 5.04. The van der Waals surface area contributed by atoms with Crippen molar-refractivity contribution in [2.24, 2.45) is 5.10 Å². The van der Waals surface area contributed by atoms with Gasteiger partial charge in [-0.3, -0.25) is 9.10 Å². The van der Waals surface area contributed by atoms with Gasteiger partial charge in [0.1, 0.15) is 0 Å². The number of nitrogens with one attached hydrogen (secondary N) is 1. The van der Waals surface area contributed by atoms with Crippen LogP contribution in [0.1, 0.15) is 34.8 Å². The Hall–Kier alpha value is -3.16. The first kappa shape index (κ1) is 24.5. The van der Waals surface area contributed by atoms with Crippen molar-refractivity contribution in [1.29, 1.82) is 0 Å². The number of hydrazone groups is 1. The van der Waals surface area contributed by atoms with Crippen molar-refractivity contribution >= 4 is 38.9 Å². The minimum Gasteiger partial charge on any atom is -0.267 e. The minimum absolute atomic E-state index is 0.0922. The van der Waals surface area contributed by atoms with Crippen LogP contribution in [0.25, 0.3) is 0 Å². The summed E-state index contributed by atoms with van der Waals surface area (Å²) in [5.74, 6) is -0.363. The molecule has 0 saturated heterocycles. The number of hydrogen-bond donors (Lipinski definition) is 1. The quantitative estimate of drug-likeness (QED) is 0.342. The summed E-state index contributed by atoms with van der Waals surface area (Å²) in [5, 5.41) is 4.66. The molecule has 0 unspecified atom stereocenters. The van der Waals surface area contributed by atoms with E-state index in [1.807, 2.05) is 25.1 Å².